The van der Waals surface area contributed by atoms with Gasteiger partial charge in [-0.25, -0.2) is 4.98 Å². The maximum absolute atomic E-state index is 9.39. The van der Waals surface area contributed by atoms with Gasteiger partial charge in [-0.2, -0.15) is 5.26 Å². The number of ether oxygens (including phenoxy) is 2. The molecule has 1 aromatic carbocycles. The van der Waals surface area contributed by atoms with Gasteiger partial charge >= 0.3 is 0 Å². The molecule has 128 valence electrons. The van der Waals surface area contributed by atoms with Gasteiger partial charge in [0, 0.05) is 28.7 Å². The second kappa shape index (κ2) is 6.46. The summed E-state index contributed by atoms with van der Waals surface area (Å²) >= 11 is 3.18. The molecule has 4 rings (SSSR count). The maximum Gasteiger partial charge on any atom is 0.165 e. The van der Waals surface area contributed by atoms with Crippen LogP contribution < -0.4 is 0 Å². The van der Waals surface area contributed by atoms with E-state index in [2.05, 4.69) is 15.6 Å². The van der Waals surface area contributed by atoms with E-state index in [4.69, 9.17) is 9.47 Å². The van der Waals surface area contributed by atoms with E-state index in [0.717, 1.165) is 15.2 Å². The fourth-order valence-corrected chi connectivity index (χ4v) is 5.00. The third-order valence-electron chi connectivity index (χ3n) is 4.05. The smallest absolute Gasteiger partial charge is 0.165 e. The lowest BCUT2D eigenvalue weighted by atomic mass is 10.2. The zero-order chi connectivity index (χ0) is 17.4. The summed E-state index contributed by atoms with van der Waals surface area (Å²) in [6, 6.07) is 10.2. The summed E-state index contributed by atoms with van der Waals surface area (Å²) in [7, 11) is 0. The second-order valence-electron chi connectivity index (χ2n) is 6.28. The molecule has 1 aliphatic heterocycles. The van der Waals surface area contributed by atoms with Gasteiger partial charge in [0.2, 0.25) is 0 Å². The van der Waals surface area contributed by atoms with E-state index in [1.807, 2.05) is 49.7 Å². The van der Waals surface area contributed by atoms with Crippen molar-refractivity contribution >= 4 is 34.0 Å². The predicted octanol–water partition coefficient (Wildman–Crippen LogP) is 4.24. The van der Waals surface area contributed by atoms with Crippen LogP contribution in [-0.2, 0) is 16.0 Å². The Bertz CT molecular complexity index is 928. The molecule has 25 heavy (non-hydrogen) atoms. The van der Waals surface area contributed by atoms with E-state index >= 15 is 0 Å². The number of benzene rings is 1. The minimum atomic E-state index is -0.638. The third-order valence-corrected chi connectivity index (χ3v) is 6.13. The van der Waals surface area contributed by atoms with Crippen LogP contribution in [-0.4, -0.2) is 26.9 Å². The number of hydrogen-bond acceptors (Lipinski definition) is 6. The molecule has 3 heterocycles. The van der Waals surface area contributed by atoms with Crippen LogP contribution in [0.3, 0.4) is 0 Å². The molecule has 0 radical (unpaired) electrons. The van der Waals surface area contributed by atoms with Crippen molar-refractivity contribution in [2.75, 3.05) is 0 Å². The molecule has 1 aliphatic rings. The van der Waals surface area contributed by atoms with Crippen molar-refractivity contribution in [1.29, 1.82) is 5.26 Å². The Balaban J connectivity index is 1.63. The first kappa shape index (κ1) is 16.6. The molecule has 0 bridgehead atoms. The number of thioether (sulfide) groups is 1. The summed E-state index contributed by atoms with van der Waals surface area (Å²) in [5.74, 6) is -0.638. The van der Waals surface area contributed by atoms with Gasteiger partial charge in [-0.05, 0) is 19.9 Å². The summed E-state index contributed by atoms with van der Waals surface area (Å²) in [5, 5.41) is 12.3. The number of nitrogens with zero attached hydrogens (tertiary/aromatic N) is 3. The zero-order valence-corrected chi connectivity index (χ0v) is 15.5. The molecule has 2 aromatic heterocycles. The van der Waals surface area contributed by atoms with Crippen molar-refractivity contribution in [3.8, 4) is 6.07 Å². The fourth-order valence-electron chi connectivity index (χ4n) is 3.08. The molecule has 0 amide bonds. The minimum Gasteiger partial charge on any atom is -0.343 e. The molecule has 2 atom stereocenters. The monoisotopic (exact) mass is 371 g/mol. The van der Waals surface area contributed by atoms with E-state index in [1.54, 1.807) is 29.3 Å². The van der Waals surface area contributed by atoms with Gasteiger partial charge in [-0.1, -0.05) is 30.0 Å². The number of fused-ring (bicyclic) bond motifs is 1. The Kier molecular flexibility index (Phi) is 4.29. The lowest BCUT2D eigenvalue weighted by Gasteiger charge is -2.17. The summed E-state index contributed by atoms with van der Waals surface area (Å²) in [6.07, 6.45) is 3.55. The Hall–Kier alpha value is -1.85. The van der Waals surface area contributed by atoms with E-state index in [1.165, 1.54) is 0 Å². The van der Waals surface area contributed by atoms with Gasteiger partial charge in [0.1, 0.15) is 17.6 Å². The molecule has 7 heteroatoms. The molecule has 3 aromatic rings. The number of rotatable bonds is 4. The first-order valence-electron chi connectivity index (χ1n) is 7.95. The van der Waals surface area contributed by atoms with Crippen LogP contribution in [0.2, 0.25) is 0 Å². The lowest BCUT2D eigenvalue weighted by molar-refractivity contribution is -0.141. The third kappa shape index (κ3) is 3.31. The SMILES string of the molecule is CC1(C)O[C@@H](Cn2cc(C#N)c3ccccc32)[C@@H](Sc2nccs2)O1. The average Bonchev–Trinajstić information content (AvgIpc) is 3.27. The molecule has 0 saturated carbocycles. The van der Waals surface area contributed by atoms with Crippen molar-refractivity contribution in [2.24, 2.45) is 0 Å². The molecule has 0 N–H and O–H groups in total. The highest BCUT2D eigenvalue weighted by Gasteiger charge is 2.42. The molecule has 0 aliphatic carbocycles. The standard InChI is InChI=1S/C18H17N3O2S2/c1-18(2)22-15(16(23-18)25-17-20-7-8-24-17)11-21-10-12(9-19)13-5-3-4-6-14(13)21/h3-8,10,15-16H,11H2,1-2H3/t15-,16+/m0/s1. The molecule has 0 spiro atoms. The second-order valence-corrected chi connectivity index (χ2v) is 8.52. The normalized spacial score (nSPS) is 22.3. The number of nitriles is 1. The minimum absolute atomic E-state index is 0.133. The molecule has 5 nitrogen and oxygen atoms in total. The van der Waals surface area contributed by atoms with Crippen LogP contribution in [0, 0.1) is 11.3 Å². The number of thiazole rings is 1. The van der Waals surface area contributed by atoms with E-state index in [-0.39, 0.29) is 11.5 Å². The van der Waals surface area contributed by atoms with Crippen molar-refractivity contribution < 1.29 is 9.47 Å². The average molecular weight is 371 g/mol. The summed E-state index contributed by atoms with van der Waals surface area (Å²) < 4.78 is 15.3. The van der Waals surface area contributed by atoms with Crippen LogP contribution in [0.5, 0.6) is 0 Å². The van der Waals surface area contributed by atoms with Gasteiger partial charge < -0.3 is 14.0 Å². The molecule has 1 saturated heterocycles. The Morgan fingerprint density at radius 1 is 1.36 bits per heavy atom. The first-order chi connectivity index (χ1) is 12.1. The van der Waals surface area contributed by atoms with Gasteiger partial charge in [0.15, 0.2) is 10.1 Å². The molecule has 1 fully saturated rings. The van der Waals surface area contributed by atoms with Gasteiger partial charge in [-0.3, -0.25) is 0 Å². The van der Waals surface area contributed by atoms with Crippen molar-refractivity contribution in [3.63, 3.8) is 0 Å². The first-order valence-corrected chi connectivity index (χ1v) is 9.71. The lowest BCUT2D eigenvalue weighted by Crippen LogP contribution is -2.25. The summed E-state index contributed by atoms with van der Waals surface area (Å²) in [6.45, 7) is 4.47. The summed E-state index contributed by atoms with van der Waals surface area (Å²) in [4.78, 5) is 4.33. The van der Waals surface area contributed by atoms with E-state index in [9.17, 15) is 5.26 Å². The van der Waals surface area contributed by atoms with Crippen molar-refractivity contribution in [2.45, 2.75) is 42.1 Å². The van der Waals surface area contributed by atoms with Gasteiger partial charge in [-0.15, -0.1) is 11.3 Å². The van der Waals surface area contributed by atoms with Crippen molar-refractivity contribution in [1.82, 2.24) is 9.55 Å². The largest absolute Gasteiger partial charge is 0.343 e. The fraction of sp³-hybridized carbons (Fsp3) is 0.333. The van der Waals surface area contributed by atoms with Gasteiger partial charge in [0.25, 0.3) is 0 Å². The predicted molar refractivity (Wildman–Crippen MR) is 98.4 cm³/mol. The molecule has 0 unspecified atom stereocenters. The zero-order valence-electron chi connectivity index (χ0n) is 13.9. The number of para-hydroxylation sites is 1. The van der Waals surface area contributed by atoms with Crippen LogP contribution in [0.4, 0.5) is 0 Å². The summed E-state index contributed by atoms with van der Waals surface area (Å²) in [5.41, 5.74) is 1.57. The van der Waals surface area contributed by atoms with E-state index in [0.29, 0.717) is 12.1 Å². The highest BCUT2D eigenvalue weighted by molar-refractivity contribution is 8.01. The Labute approximate surface area is 154 Å². The Morgan fingerprint density at radius 2 is 2.20 bits per heavy atom. The van der Waals surface area contributed by atoms with Gasteiger partial charge in [0.05, 0.1) is 12.1 Å². The highest BCUT2D eigenvalue weighted by atomic mass is 32.2. The van der Waals surface area contributed by atoms with Crippen LogP contribution in [0.15, 0.2) is 46.4 Å². The van der Waals surface area contributed by atoms with E-state index < -0.39 is 5.79 Å². The number of aromatic nitrogens is 2. The number of hydrogen-bond donors (Lipinski definition) is 0. The Morgan fingerprint density at radius 3 is 2.96 bits per heavy atom. The maximum atomic E-state index is 9.39. The van der Waals surface area contributed by atoms with Crippen LogP contribution in [0.25, 0.3) is 10.9 Å². The highest BCUT2D eigenvalue weighted by Crippen LogP contribution is 2.39. The van der Waals surface area contributed by atoms with Crippen LogP contribution in [0.1, 0.15) is 19.4 Å². The molecular formula is C18H17N3O2S2. The molecular weight excluding hydrogens is 354 g/mol. The van der Waals surface area contributed by atoms with Crippen molar-refractivity contribution in [3.05, 3.63) is 47.6 Å². The topological polar surface area (TPSA) is 60.1 Å². The quantitative estimate of drug-likeness (QED) is 0.686. The van der Waals surface area contributed by atoms with Crippen LogP contribution >= 0.6 is 23.1 Å².